The van der Waals surface area contributed by atoms with Gasteiger partial charge in [-0.1, -0.05) is 20.8 Å². The minimum atomic E-state index is 0.765. The molecule has 0 aromatic heterocycles. The third-order valence-electron chi connectivity index (χ3n) is 5.84. The van der Waals surface area contributed by atoms with Gasteiger partial charge in [0.1, 0.15) is 0 Å². The first-order valence-corrected chi connectivity index (χ1v) is 9.03. The van der Waals surface area contributed by atoms with E-state index in [1.807, 2.05) is 0 Å². The molecule has 1 N–H and O–H groups in total. The van der Waals surface area contributed by atoms with Gasteiger partial charge in [0, 0.05) is 18.6 Å². The molecule has 0 amide bonds. The molecule has 0 aliphatic heterocycles. The summed E-state index contributed by atoms with van der Waals surface area (Å²) in [4.78, 5) is 2.69. The maximum Gasteiger partial charge on any atom is 0.0108 e. The molecule has 118 valence electrons. The molecule has 2 rings (SSSR count). The highest BCUT2D eigenvalue weighted by molar-refractivity contribution is 4.87. The van der Waals surface area contributed by atoms with Crippen molar-refractivity contribution in [1.82, 2.24) is 10.2 Å². The van der Waals surface area contributed by atoms with Crippen LogP contribution in [0.4, 0.5) is 0 Å². The zero-order chi connectivity index (χ0) is 14.5. The zero-order valence-electron chi connectivity index (χ0n) is 14.2. The lowest BCUT2D eigenvalue weighted by molar-refractivity contribution is 0.109. The molecule has 3 unspecified atom stereocenters. The van der Waals surface area contributed by atoms with Gasteiger partial charge in [0.25, 0.3) is 0 Å². The summed E-state index contributed by atoms with van der Waals surface area (Å²) in [5, 5.41) is 3.74. The van der Waals surface area contributed by atoms with Gasteiger partial charge in [-0.05, 0) is 76.3 Å². The van der Waals surface area contributed by atoms with E-state index in [0.29, 0.717) is 0 Å². The molecule has 0 radical (unpaired) electrons. The minimum absolute atomic E-state index is 0.765. The van der Waals surface area contributed by atoms with Gasteiger partial charge in [-0.3, -0.25) is 0 Å². The molecule has 0 saturated heterocycles. The van der Waals surface area contributed by atoms with Crippen molar-refractivity contribution in [2.45, 2.75) is 77.8 Å². The van der Waals surface area contributed by atoms with Crippen LogP contribution in [0.25, 0.3) is 0 Å². The molecule has 2 fully saturated rings. The van der Waals surface area contributed by atoms with Crippen LogP contribution in [0.1, 0.15) is 65.7 Å². The number of hydrogen-bond donors (Lipinski definition) is 1. The maximum atomic E-state index is 3.74. The van der Waals surface area contributed by atoms with Crippen LogP contribution < -0.4 is 5.32 Å². The first-order chi connectivity index (χ1) is 9.60. The fourth-order valence-electron chi connectivity index (χ4n) is 4.43. The Morgan fingerprint density at radius 1 is 0.950 bits per heavy atom. The number of hydrogen-bond acceptors (Lipinski definition) is 2. The van der Waals surface area contributed by atoms with Gasteiger partial charge in [-0.2, -0.15) is 0 Å². The van der Waals surface area contributed by atoms with Gasteiger partial charge in [0.05, 0.1) is 0 Å². The molecule has 2 aliphatic rings. The summed E-state index contributed by atoms with van der Waals surface area (Å²) < 4.78 is 0. The maximum absolute atomic E-state index is 3.74. The van der Waals surface area contributed by atoms with Crippen LogP contribution in [-0.4, -0.2) is 37.1 Å². The van der Waals surface area contributed by atoms with E-state index in [1.165, 1.54) is 51.5 Å². The second-order valence-corrected chi connectivity index (χ2v) is 7.70. The monoisotopic (exact) mass is 280 g/mol. The van der Waals surface area contributed by atoms with E-state index in [9.17, 15) is 0 Å². The van der Waals surface area contributed by atoms with Crippen molar-refractivity contribution in [3.63, 3.8) is 0 Å². The quantitative estimate of drug-likeness (QED) is 0.821. The molecule has 3 atom stereocenters. The first-order valence-electron chi connectivity index (χ1n) is 9.03. The lowest BCUT2D eigenvalue weighted by Crippen LogP contribution is -2.47. The third-order valence-corrected chi connectivity index (χ3v) is 5.84. The fourth-order valence-corrected chi connectivity index (χ4v) is 4.43. The summed E-state index contributed by atoms with van der Waals surface area (Å²) in [6, 6.07) is 1.62. The number of rotatable bonds is 5. The van der Waals surface area contributed by atoms with Crippen LogP contribution in [0.15, 0.2) is 0 Å². The van der Waals surface area contributed by atoms with Crippen LogP contribution >= 0.6 is 0 Å². The summed E-state index contributed by atoms with van der Waals surface area (Å²) in [6.07, 6.45) is 9.94. The molecule has 20 heavy (non-hydrogen) atoms. The Labute approximate surface area is 126 Å². The fraction of sp³-hybridized carbons (Fsp3) is 1.00. The second kappa shape index (κ2) is 7.79. The van der Waals surface area contributed by atoms with Gasteiger partial charge in [0.2, 0.25) is 0 Å². The van der Waals surface area contributed by atoms with Gasteiger partial charge >= 0.3 is 0 Å². The molecule has 0 aromatic carbocycles. The Morgan fingerprint density at radius 3 is 2.25 bits per heavy atom. The van der Waals surface area contributed by atoms with Crippen molar-refractivity contribution in [1.29, 1.82) is 0 Å². The van der Waals surface area contributed by atoms with Crippen LogP contribution in [-0.2, 0) is 0 Å². The van der Waals surface area contributed by atoms with Crippen LogP contribution in [0.2, 0.25) is 0 Å². The lowest BCUT2D eigenvalue weighted by Gasteiger charge is -2.41. The van der Waals surface area contributed by atoms with Gasteiger partial charge in [0.15, 0.2) is 0 Å². The largest absolute Gasteiger partial charge is 0.314 e. The molecule has 0 heterocycles. The molecule has 2 nitrogen and oxygen atoms in total. The molecule has 2 heteroatoms. The summed E-state index contributed by atoms with van der Waals surface area (Å²) in [6.45, 7) is 9.54. The Bertz CT molecular complexity index is 271. The third kappa shape index (κ3) is 4.46. The summed E-state index contributed by atoms with van der Waals surface area (Å²) in [7, 11) is 2.38. The van der Waals surface area contributed by atoms with E-state index >= 15 is 0 Å². The molecule has 2 aliphatic carbocycles. The van der Waals surface area contributed by atoms with E-state index in [-0.39, 0.29) is 0 Å². The van der Waals surface area contributed by atoms with Gasteiger partial charge in [-0.15, -0.1) is 0 Å². The van der Waals surface area contributed by atoms with Crippen LogP contribution in [0.3, 0.4) is 0 Å². The molecular formula is C18H36N2. The molecule has 2 saturated carbocycles. The highest BCUT2D eigenvalue weighted by Crippen LogP contribution is 2.32. The van der Waals surface area contributed by atoms with E-state index in [1.54, 1.807) is 0 Å². The average molecular weight is 281 g/mol. The second-order valence-electron chi connectivity index (χ2n) is 7.70. The average Bonchev–Trinajstić information content (AvgIpc) is 2.42. The van der Waals surface area contributed by atoms with Crippen molar-refractivity contribution >= 4 is 0 Å². The smallest absolute Gasteiger partial charge is 0.0108 e. The van der Waals surface area contributed by atoms with Gasteiger partial charge < -0.3 is 10.2 Å². The molecular weight excluding hydrogens is 244 g/mol. The standard InChI is InChI=1S/C18H36N2/c1-5-19-18-11-8-15(3)12-16(18)13-20(4)17-9-6-14(2)7-10-17/h14-19H,5-13H2,1-4H3. The predicted molar refractivity (Wildman–Crippen MR) is 88.0 cm³/mol. The zero-order valence-corrected chi connectivity index (χ0v) is 14.2. The topological polar surface area (TPSA) is 15.3 Å². The SMILES string of the molecule is CCNC1CCC(C)CC1CN(C)C1CCC(C)CC1. The Hall–Kier alpha value is -0.0800. The Balaban J connectivity index is 1.85. The van der Waals surface area contributed by atoms with Crippen molar-refractivity contribution in [2.24, 2.45) is 17.8 Å². The van der Waals surface area contributed by atoms with E-state index < -0.39 is 0 Å². The highest BCUT2D eigenvalue weighted by Gasteiger charge is 2.31. The van der Waals surface area contributed by atoms with Crippen LogP contribution in [0, 0.1) is 17.8 Å². The lowest BCUT2D eigenvalue weighted by atomic mass is 9.78. The molecule has 0 spiro atoms. The van der Waals surface area contributed by atoms with E-state index in [2.05, 4.69) is 38.0 Å². The Morgan fingerprint density at radius 2 is 1.60 bits per heavy atom. The van der Waals surface area contributed by atoms with Crippen molar-refractivity contribution < 1.29 is 0 Å². The van der Waals surface area contributed by atoms with Gasteiger partial charge in [-0.25, -0.2) is 0 Å². The molecule has 0 bridgehead atoms. The van der Waals surface area contributed by atoms with E-state index in [4.69, 9.17) is 0 Å². The minimum Gasteiger partial charge on any atom is -0.314 e. The molecule has 0 aromatic rings. The first kappa shape index (κ1) is 16.3. The van der Waals surface area contributed by atoms with Crippen molar-refractivity contribution in [3.8, 4) is 0 Å². The van der Waals surface area contributed by atoms with Crippen molar-refractivity contribution in [2.75, 3.05) is 20.1 Å². The number of nitrogens with zero attached hydrogens (tertiary/aromatic N) is 1. The van der Waals surface area contributed by atoms with Crippen LogP contribution in [0.5, 0.6) is 0 Å². The van der Waals surface area contributed by atoms with E-state index in [0.717, 1.165) is 36.4 Å². The number of nitrogens with one attached hydrogen (secondary N) is 1. The predicted octanol–water partition coefficient (Wildman–Crippen LogP) is 3.91. The highest BCUT2D eigenvalue weighted by atomic mass is 15.1. The summed E-state index contributed by atoms with van der Waals surface area (Å²) in [5.74, 6) is 2.75. The summed E-state index contributed by atoms with van der Waals surface area (Å²) >= 11 is 0. The Kier molecular flexibility index (Phi) is 6.35. The normalized spacial score (nSPS) is 39.1. The summed E-state index contributed by atoms with van der Waals surface area (Å²) in [5.41, 5.74) is 0. The van der Waals surface area contributed by atoms with Crippen molar-refractivity contribution in [3.05, 3.63) is 0 Å².